The molecule has 1 fully saturated rings. The fourth-order valence-corrected chi connectivity index (χ4v) is 2.98. The smallest absolute Gasteiger partial charge is 0.237 e. The van der Waals surface area contributed by atoms with Gasteiger partial charge in [0.25, 0.3) is 0 Å². The van der Waals surface area contributed by atoms with Crippen molar-refractivity contribution in [3.8, 4) is 5.75 Å². The molecule has 0 radical (unpaired) electrons. The van der Waals surface area contributed by atoms with Crippen molar-refractivity contribution in [2.24, 2.45) is 5.92 Å². The Labute approximate surface area is 127 Å². The van der Waals surface area contributed by atoms with Gasteiger partial charge in [-0.25, -0.2) is 0 Å². The lowest BCUT2D eigenvalue weighted by molar-refractivity contribution is -0.124. The Bertz CT molecular complexity index is 476. The van der Waals surface area contributed by atoms with Gasteiger partial charge < -0.3 is 15.4 Å². The summed E-state index contributed by atoms with van der Waals surface area (Å²) >= 11 is 0. The van der Waals surface area contributed by atoms with Gasteiger partial charge in [-0.3, -0.25) is 4.79 Å². The van der Waals surface area contributed by atoms with Crippen LogP contribution in [0, 0.1) is 5.92 Å². The molecule has 1 aromatic rings. The molecule has 1 amide bonds. The molecule has 1 aromatic carbocycles. The zero-order valence-electron chi connectivity index (χ0n) is 13.2. The van der Waals surface area contributed by atoms with Crippen LogP contribution in [-0.2, 0) is 4.79 Å². The van der Waals surface area contributed by atoms with Crippen LogP contribution in [0.2, 0.25) is 0 Å². The first-order valence-corrected chi connectivity index (χ1v) is 7.82. The summed E-state index contributed by atoms with van der Waals surface area (Å²) in [5.74, 6) is 1.56. The van der Waals surface area contributed by atoms with Crippen molar-refractivity contribution < 1.29 is 9.53 Å². The molecule has 0 bridgehead atoms. The van der Waals surface area contributed by atoms with E-state index in [9.17, 15) is 4.79 Å². The van der Waals surface area contributed by atoms with E-state index in [1.807, 2.05) is 31.2 Å². The summed E-state index contributed by atoms with van der Waals surface area (Å²) in [5.41, 5.74) is 1.01. The molecule has 21 heavy (non-hydrogen) atoms. The number of amides is 1. The molecule has 0 saturated carbocycles. The molecule has 1 saturated heterocycles. The maximum Gasteiger partial charge on any atom is 0.237 e. The summed E-state index contributed by atoms with van der Waals surface area (Å²) in [5, 5.41) is 6.43. The molecule has 0 aromatic heterocycles. The molecule has 4 nitrogen and oxygen atoms in total. The second-order valence-corrected chi connectivity index (χ2v) is 5.78. The minimum absolute atomic E-state index is 0.0579. The number of benzene rings is 1. The van der Waals surface area contributed by atoms with Crippen LogP contribution in [0.1, 0.15) is 44.7 Å². The SMILES string of the molecule is CCC1CCNC(C(=O)N[C@H](C)c2ccccc2OC)C1. The van der Waals surface area contributed by atoms with Gasteiger partial charge in [-0.05, 0) is 38.3 Å². The monoisotopic (exact) mass is 290 g/mol. The Hall–Kier alpha value is -1.55. The molecule has 2 N–H and O–H groups in total. The Morgan fingerprint density at radius 3 is 2.95 bits per heavy atom. The number of piperidine rings is 1. The maximum absolute atomic E-state index is 12.4. The average molecular weight is 290 g/mol. The molecule has 0 spiro atoms. The largest absolute Gasteiger partial charge is 0.496 e. The molecule has 2 rings (SSSR count). The van der Waals surface area contributed by atoms with Gasteiger partial charge >= 0.3 is 0 Å². The first kappa shape index (κ1) is 15.8. The van der Waals surface area contributed by atoms with Crippen LogP contribution in [0.5, 0.6) is 5.75 Å². The van der Waals surface area contributed by atoms with Gasteiger partial charge in [0.2, 0.25) is 5.91 Å². The third-order valence-corrected chi connectivity index (χ3v) is 4.37. The highest BCUT2D eigenvalue weighted by molar-refractivity contribution is 5.82. The quantitative estimate of drug-likeness (QED) is 0.876. The maximum atomic E-state index is 12.4. The number of para-hydroxylation sites is 1. The van der Waals surface area contributed by atoms with Crippen molar-refractivity contribution in [1.29, 1.82) is 0 Å². The Kier molecular flexibility index (Phi) is 5.62. The molecule has 116 valence electrons. The molecule has 3 atom stereocenters. The average Bonchev–Trinajstić information content (AvgIpc) is 2.54. The van der Waals surface area contributed by atoms with E-state index in [0.29, 0.717) is 5.92 Å². The molecule has 4 heteroatoms. The highest BCUT2D eigenvalue weighted by Gasteiger charge is 2.27. The summed E-state index contributed by atoms with van der Waals surface area (Å²) in [7, 11) is 1.65. The van der Waals surface area contributed by atoms with E-state index in [1.165, 1.54) is 6.42 Å². The predicted octanol–water partition coefficient (Wildman–Crippen LogP) is 2.65. The minimum Gasteiger partial charge on any atom is -0.496 e. The van der Waals surface area contributed by atoms with Crippen LogP contribution < -0.4 is 15.4 Å². The van der Waals surface area contributed by atoms with Crippen molar-refractivity contribution in [2.75, 3.05) is 13.7 Å². The highest BCUT2D eigenvalue weighted by atomic mass is 16.5. The molecular formula is C17H26N2O2. The van der Waals surface area contributed by atoms with Crippen molar-refractivity contribution in [1.82, 2.24) is 10.6 Å². The van der Waals surface area contributed by atoms with Crippen molar-refractivity contribution in [2.45, 2.75) is 45.2 Å². The number of ether oxygens (including phenoxy) is 1. The van der Waals surface area contributed by atoms with Crippen LogP contribution in [0.3, 0.4) is 0 Å². The summed E-state index contributed by atoms with van der Waals surface area (Å²) in [6, 6.07) is 7.69. The third-order valence-electron chi connectivity index (χ3n) is 4.37. The summed E-state index contributed by atoms with van der Waals surface area (Å²) in [6.45, 7) is 5.12. The van der Waals surface area contributed by atoms with Gasteiger partial charge in [-0.15, -0.1) is 0 Å². The van der Waals surface area contributed by atoms with Crippen LogP contribution >= 0.6 is 0 Å². The zero-order chi connectivity index (χ0) is 15.2. The van der Waals surface area contributed by atoms with E-state index in [1.54, 1.807) is 7.11 Å². The second kappa shape index (κ2) is 7.46. The van der Waals surface area contributed by atoms with Crippen molar-refractivity contribution in [3.05, 3.63) is 29.8 Å². The standard InChI is InChI=1S/C17H26N2O2/c1-4-13-9-10-18-15(11-13)17(20)19-12(2)14-7-5-6-8-16(14)21-3/h5-8,12-13,15,18H,4,9-11H2,1-3H3,(H,19,20)/t12-,13?,15?/m1/s1. The van der Waals surface area contributed by atoms with E-state index in [-0.39, 0.29) is 18.0 Å². The number of carbonyl (C=O) groups is 1. The van der Waals surface area contributed by atoms with Crippen LogP contribution in [0.25, 0.3) is 0 Å². The normalized spacial score (nSPS) is 23.4. The van der Waals surface area contributed by atoms with E-state index >= 15 is 0 Å². The lowest BCUT2D eigenvalue weighted by Crippen LogP contribution is -2.49. The lowest BCUT2D eigenvalue weighted by Gasteiger charge is -2.30. The topological polar surface area (TPSA) is 50.4 Å². The van der Waals surface area contributed by atoms with E-state index < -0.39 is 0 Å². The predicted molar refractivity (Wildman–Crippen MR) is 84.4 cm³/mol. The van der Waals surface area contributed by atoms with E-state index in [2.05, 4.69) is 17.6 Å². The first-order valence-electron chi connectivity index (χ1n) is 7.82. The molecule has 1 aliphatic rings. The van der Waals surface area contributed by atoms with Gasteiger partial charge in [0.1, 0.15) is 5.75 Å². The first-order chi connectivity index (χ1) is 10.2. The van der Waals surface area contributed by atoms with Gasteiger partial charge in [0.15, 0.2) is 0 Å². The van der Waals surface area contributed by atoms with Gasteiger partial charge in [0.05, 0.1) is 19.2 Å². The number of carbonyl (C=O) groups excluding carboxylic acids is 1. The third kappa shape index (κ3) is 3.97. The van der Waals surface area contributed by atoms with E-state index in [4.69, 9.17) is 4.74 Å². The fourth-order valence-electron chi connectivity index (χ4n) is 2.98. The van der Waals surface area contributed by atoms with Gasteiger partial charge in [0, 0.05) is 5.56 Å². The Morgan fingerprint density at radius 2 is 2.24 bits per heavy atom. The van der Waals surface area contributed by atoms with Crippen LogP contribution in [-0.4, -0.2) is 25.6 Å². The van der Waals surface area contributed by atoms with Crippen molar-refractivity contribution >= 4 is 5.91 Å². The van der Waals surface area contributed by atoms with E-state index in [0.717, 1.165) is 30.7 Å². The highest BCUT2D eigenvalue weighted by Crippen LogP contribution is 2.25. The zero-order valence-corrected chi connectivity index (χ0v) is 13.2. The molecular weight excluding hydrogens is 264 g/mol. The molecule has 1 heterocycles. The number of hydrogen-bond donors (Lipinski definition) is 2. The Morgan fingerprint density at radius 1 is 1.48 bits per heavy atom. The summed E-state index contributed by atoms with van der Waals surface area (Å²) in [4.78, 5) is 12.4. The van der Waals surface area contributed by atoms with Crippen LogP contribution in [0.15, 0.2) is 24.3 Å². The van der Waals surface area contributed by atoms with Crippen LogP contribution in [0.4, 0.5) is 0 Å². The van der Waals surface area contributed by atoms with Gasteiger partial charge in [-0.1, -0.05) is 31.5 Å². The molecule has 1 aliphatic heterocycles. The lowest BCUT2D eigenvalue weighted by atomic mass is 9.90. The number of hydrogen-bond acceptors (Lipinski definition) is 3. The summed E-state index contributed by atoms with van der Waals surface area (Å²) < 4.78 is 5.36. The van der Waals surface area contributed by atoms with Gasteiger partial charge in [-0.2, -0.15) is 0 Å². The minimum atomic E-state index is -0.0687. The molecule has 2 unspecified atom stereocenters. The number of methoxy groups -OCH3 is 1. The second-order valence-electron chi connectivity index (χ2n) is 5.78. The Balaban J connectivity index is 1.98. The molecule has 0 aliphatic carbocycles. The number of rotatable bonds is 5. The van der Waals surface area contributed by atoms with Crippen molar-refractivity contribution in [3.63, 3.8) is 0 Å². The number of nitrogens with one attached hydrogen (secondary N) is 2. The fraction of sp³-hybridized carbons (Fsp3) is 0.588. The summed E-state index contributed by atoms with van der Waals surface area (Å²) in [6.07, 6.45) is 3.25.